The van der Waals surface area contributed by atoms with Crippen molar-refractivity contribution in [3.63, 3.8) is 0 Å². The van der Waals surface area contributed by atoms with Crippen LogP contribution in [-0.4, -0.2) is 73.5 Å². The van der Waals surface area contributed by atoms with E-state index in [4.69, 9.17) is 35.2 Å². The molecular weight excluding hydrogens is 716 g/mol. The molecule has 7 rings (SSSR count). The maximum absolute atomic E-state index is 12.6. The quantitative estimate of drug-likeness (QED) is 0.124. The Labute approximate surface area is 315 Å². The molecule has 0 aliphatic carbocycles. The molecule has 0 atom stereocenters. The van der Waals surface area contributed by atoms with Crippen molar-refractivity contribution < 1.29 is 33.4 Å². The summed E-state index contributed by atoms with van der Waals surface area (Å²) in [5.74, 6) is 0.754. The zero-order chi connectivity index (χ0) is 37.3. The number of hydrogen-bond donors (Lipinski definition) is 3. The molecule has 2 aliphatic heterocycles. The van der Waals surface area contributed by atoms with E-state index in [-0.39, 0.29) is 70.6 Å². The molecule has 8 bridgehead atoms. The van der Waals surface area contributed by atoms with Gasteiger partial charge >= 0.3 is 29.5 Å². The zero-order valence-corrected chi connectivity index (χ0v) is 28.3. The molecule has 2 aromatic carbocycles. The van der Waals surface area contributed by atoms with Gasteiger partial charge in [-0.3, -0.25) is 19.6 Å². The standard InChI is InChI=1S/C18H19N5O6.C16H15N5O3.2CH4/c1-2-27-18(24)22-11-12-6-5-7-13(10-12)28-8-3-4-9-29-17-20-15(19)14(23(25)26)16(22)21-17;17-13-12-14-20-15(19-13)24-7-2-1-6-23-11-5-3-4-10(8-11)9-21(14)16(22)18-12;;/h3-7,10H,2,8-9,11H2,1H3,(H2,19,20,21);1-5,8H,6-7,9H2,(H,18,22)(H2,17,19,20);2*1H4/b4-3-;2-1-;;. The lowest BCUT2D eigenvalue weighted by molar-refractivity contribution is -0.383. The highest BCUT2D eigenvalue weighted by atomic mass is 16.6. The number of aromatic amines is 1. The van der Waals surface area contributed by atoms with Crippen molar-refractivity contribution in [3.8, 4) is 23.5 Å². The third-order valence-electron chi connectivity index (χ3n) is 7.55. The van der Waals surface area contributed by atoms with Crippen LogP contribution in [0.15, 0.2) is 77.6 Å². The minimum Gasteiger partial charge on any atom is -0.490 e. The number of imidazole rings is 1. The van der Waals surface area contributed by atoms with Crippen molar-refractivity contribution >= 4 is 40.4 Å². The van der Waals surface area contributed by atoms with Gasteiger partial charge in [0.05, 0.1) is 24.6 Å². The molecule has 0 saturated heterocycles. The van der Waals surface area contributed by atoms with Crippen molar-refractivity contribution in [3.05, 3.63) is 105 Å². The number of carbonyl (C=O) groups is 1. The van der Waals surface area contributed by atoms with Crippen molar-refractivity contribution in [2.24, 2.45) is 0 Å². The topological polar surface area (TPSA) is 251 Å². The molecular formula is C36H42N10O9. The third-order valence-corrected chi connectivity index (χ3v) is 7.55. The summed E-state index contributed by atoms with van der Waals surface area (Å²) >= 11 is 0. The lowest BCUT2D eigenvalue weighted by Crippen LogP contribution is -2.33. The average Bonchev–Trinajstić information content (AvgIpc) is 3.44. The summed E-state index contributed by atoms with van der Waals surface area (Å²) < 4.78 is 28.7. The van der Waals surface area contributed by atoms with E-state index in [2.05, 4.69) is 24.9 Å². The van der Waals surface area contributed by atoms with Crippen LogP contribution >= 0.6 is 0 Å². The van der Waals surface area contributed by atoms with Gasteiger partial charge in [0.25, 0.3) is 0 Å². The van der Waals surface area contributed by atoms with E-state index in [1.54, 1.807) is 43.3 Å². The molecule has 5 heterocycles. The fourth-order valence-corrected chi connectivity index (χ4v) is 5.17. The molecule has 5 N–H and O–H groups in total. The van der Waals surface area contributed by atoms with Gasteiger partial charge in [0.15, 0.2) is 11.5 Å². The number of fused-ring (bicyclic) bond motifs is 7. The predicted octanol–water partition coefficient (Wildman–Crippen LogP) is 4.81. The van der Waals surface area contributed by atoms with E-state index < -0.39 is 22.5 Å². The molecule has 3 aromatic heterocycles. The van der Waals surface area contributed by atoms with Gasteiger partial charge < -0.3 is 40.1 Å². The Bertz CT molecular complexity index is 2250. The molecule has 55 heavy (non-hydrogen) atoms. The van der Waals surface area contributed by atoms with Crippen LogP contribution in [0.4, 0.5) is 27.9 Å². The second kappa shape index (κ2) is 18.5. The second-order valence-electron chi connectivity index (χ2n) is 11.2. The van der Waals surface area contributed by atoms with Crippen molar-refractivity contribution in [2.45, 2.75) is 34.9 Å². The normalized spacial score (nSPS) is 14.5. The highest BCUT2D eigenvalue weighted by molar-refractivity contribution is 5.90. The summed E-state index contributed by atoms with van der Waals surface area (Å²) in [5.41, 5.74) is 13.2. The van der Waals surface area contributed by atoms with Gasteiger partial charge in [-0.05, 0) is 66.6 Å². The summed E-state index contributed by atoms with van der Waals surface area (Å²) in [6.07, 6.45) is 6.27. The Kier molecular flexibility index (Phi) is 13.7. The van der Waals surface area contributed by atoms with Crippen molar-refractivity contribution in [2.75, 3.05) is 49.4 Å². The number of hydrogen-bond acceptors (Lipinski definition) is 15. The number of aromatic nitrogens is 6. The maximum atomic E-state index is 12.6. The van der Waals surface area contributed by atoms with Crippen LogP contribution in [0.1, 0.15) is 32.9 Å². The van der Waals surface area contributed by atoms with Crippen LogP contribution in [0.25, 0.3) is 11.2 Å². The van der Waals surface area contributed by atoms with Crippen LogP contribution in [0, 0.1) is 10.1 Å². The molecule has 19 nitrogen and oxygen atoms in total. The van der Waals surface area contributed by atoms with E-state index in [0.29, 0.717) is 42.2 Å². The number of nitrogens with zero attached hydrogens (tertiary/aromatic N) is 7. The largest absolute Gasteiger partial charge is 0.490 e. The molecule has 0 fully saturated rings. The lowest BCUT2D eigenvalue weighted by atomic mass is 10.2. The van der Waals surface area contributed by atoms with E-state index in [1.165, 1.54) is 4.57 Å². The number of nitrogen functional groups attached to an aromatic ring is 2. The van der Waals surface area contributed by atoms with Crippen LogP contribution in [0.5, 0.6) is 23.5 Å². The van der Waals surface area contributed by atoms with E-state index in [0.717, 1.165) is 16.2 Å². The first-order valence-electron chi connectivity index (χ1n) is 16.2. The summed E-state index contributed by atoms with van der Waals surface area (Å²) in [7, 11) is 0. The number of nitrogens with two attached hydrogens (primary N) is 2. The molecule has 2 aliphatic rings. The Balaban J connectivity index is 0.000000239. The zero-order valence-electron chi connectivity index (χ0n) is 28.3. The summed E-state index contributed by atoms with van der Waals surface area (Å²) in [5, 5.41) is 11.6. The second-order valence-corrected chi connectivity index (χ2v) is 11.2. The van der Waals surface area contributed by atoms with Crippen LogP contribution in [0.2, 0.25) is 0 Å². The lowest BCUT2D eigenvalue weighted by Gasteiger charge is -2.22. The molecule has 0 unspecified atom stereocenters. The summed E-state index contributed by atoms with van der Waals surface area (Å²) in [6.45, 7) is 3.06. The number of anilines is 3. The van der Waals surface area contributed by atoms with Gasteiger partial charge in [0.1, 0.15) is 43.4 Å². The summed E-state index contributed by atoms with van der Waals surface area (Å²) in [6, 6.07) is 14.5. The van der Waals surface area contributed by atoms with Gasteiger partial charge in [0, 0.05) is 0 Å². The minimum atomic E-state index is -0.821. The summed E-state index contributed by atoms with van der Waals surface area (Å²) in [4.78, 5) is 55.8. The molecule has 0 saturated carbocycles. The highest BCUT2D eigenvalue weighted by Gasteiger charge is 2.32. The fourth-order valence-electron chi connectivity index (χ4n) is 5.17. The number of H-pyrrole nitrogens is 1. The molecule has 0 spiro atoms. The average molecular weight is 759 g/mol. The Morgan fingerprint density at radius 1 is 0.836 bits per heavy atom. The van der Waals surface area contributed by atoms with E-state index >= 15 is 0 Å². The number of benzene rings is 2. The number of ether oxygens (including phenoxy) is 5. The molecule has 19 heteroatoms. The molecule has 5 aromatic rings. The number of nitro groups is 1. The highest BCUT2D eigenvalue weighted by Crippen LogP contribution is 2.34. The van der Waals surface area contributed by atoms with Crippen LogP contribution < -0.4 is 41.0 Å². The van der Waals surface area contributed by atoms with E-state index in [1.807, 2.05) is 36.4 Å². The molecule has 0 radical (unpaired) electrons. The number of nitrogens with one attached hydrogen (secondary N) is 1. The van der Waals surface area contributed by atoms with Gasteiger partial charge in [-0.25, -0.2) is 9.59 Å². The smallest absolute Gasteiger partial charge is 0.415 e. The van der Waals surface area contributed by atoms with E-state index in [9.17, 15) is 19.7 Å². The predicted molar refractivity (Wildman–Crippen MR) is 205 cm³/mol. The van der Waals surface area contributed by atoms with Crippen LogP contribution in [-0.2, 0) is 17.8 Å². The number of amides is 1. The molecule has 290 valence electrons. The maximum Gasteiger partial charge on any atom is 0.415 e. The first kappa shape index (κ1) is 40.6. The van der Waals surface area contributed by atoms with Crippen molar-refractivity contribution in [1.82, 2.24) is 29.5 Å². The van der Waals surface area contributed by atoms with Gasteiger partial charge in [-0.1, -0.05) is 39.1 Å². The third kappa shape index (κ3) is 9.83. The first-order valence-corrected chi connectivity index (χ1v) is 16.2. The SMILES string of the molecule is C.C.CCOC(=O)N1Cc2cccc(c2)OC/C=C\COc2nc(N)c([N+](=O)[O-])c1n2.Nc1nc2nc3c1[nH]c(=O)n3Cc1cccc(c1)OC/C=C\CO2. The Morgan fingerprint density at radius 3 is 1.96 bits per heavy atom. The van der Waals surface area contributed by atoms with Gasteiger partial charge in [-0.15, -0.1) is 0 Å². The first-order chi connectivity index (χ1) is 25.7. The number of rotatable bonds is 2. The minimum absolute atomic E-state index is 0. The van der Waals surface area contributed by atoms with Crippen LogP contribution in [0.3, 0.4) is 0 Å². The Hall–Kier alpha value is -7.18. The number of carbonyl (C=O) groups excluding carboxylic acids is 1. The van der Waals surface area contributed by atoms with Crippen molar-refractivity contribution in [1.29, 1.82) is 0 Å². The fraction of sp³-hybridized carbons (Fsp3) is 0.278. The Morgan fingerprint density at radius 2 is 1.38 bits per heavy atom. The monoisotopic (exact) mass is 758 g/mol. The van der Waals surface area contributed by atoms with Gasteiger partial charge in [0.2, 0.25) is 11.6 Å². The molecule has 1 amide bonds. The van der Waals surface area contributed by atoms with Gasteiger partial charge in [-0.2, -0.15) is 19.9 Å².